The summed E-state index contributed by atoms with van der Waals surface area (Å²) in [5.41, 5.74) is 1.45. The minimum Gasteiger partial charge on any atom is -0.377 e. The van der Waals surface area contributed by atoms with Gasteiger partial charge in [0, 0.05) is 32.6 Å². The summed E-state index contributed by atoms with van der Waals surface area (Å²) in [6.45, 7) is 9.04. The quantitative estimate of drug-likeness (QED) is 0.274. The van der Waals surface area contributed by atoms with Crippen LogP contribution in [0.1, 0.15) is 32.5 Å². The Morgan fingerprint density at radius 1 is 1.38 bits per heavy atom. The fraction of sp³-hybridized carbons (Fsp3) is 0.688. The van der Waals surface area contributed by atoms with Crippen LogP contribution >= 0.6 is 24.0 Å². The van der Waals surface area contributed by atoms with Crippen LogP contribution in [0.2, 0.25) is 0 Å². The zero-order valence-corrected chi connectivity index (χ0v) is 17.0. The topological polar surface area (TPSA) is 76.4 Å². The third-order valence-electron chi connectivity index (χ3n) is 3.76. The number of hydrogen-bond acceptors (Lipinski definition) is 4. The Labute approximate surface area is 161 Å². The van der Waals surface area contributed by atoms with Crippen LogP contribution in [0.25, 0.3) is 0 Å². The van der Waals surface area contributed by atoms with Crippen molar-refractivity contribution in [2.24, 2.45) is 4.99 Å². The van der Waals surface area contributed by atoms with E-state index in [-0.39, 0.29) is 24.0 Å². The minimum atomic E-state index is 0. The van der Waals surface area contributed by atoms with Crippen molar-refractivity contribution in [1.82, 2.24) is 25.4 Å². The summed E-state index contributed by atoms with van der Waals surface area (Å²) in [5, 5.41) is 14.7. The molecule has 0 atom stereocenters. The average molecular weight is 448 g/mol. The second kappa shape index (κ2) is 12.2. The molecule has 0 saturated heterocycles. The van der Waals surface area contributed by atoms with Crippen molar-refractivity contribution in [3.63, 3.8) is 0 Å². The van der Waals surface area contributed by atoms with E-state index in [1.807, 2.05) is 0 Å². The predicted octanol–water partition coefficient (Wildman–Crippen LogP) is 1.75. The molecule has 1 aromatic heterocycles. The lowest BCUT2D eigenvalue weighted by Crippen LogP contribution is -2.39. The van der Waals surface area contributed by atoms with Crippen LogP contribution in [-0.4, -0.2) is 53.6 Å². The summed E-state index contributed by atoms with van der Waals surface area (Å²) in [7, 11) is 0. The number of nitrogens with one attached hydrogen (secondary N) is 2. The second-order valence-corrected chi connectivity index (χ2v) is 5.42. The monoisotopic (exact) mass is 448 g/mol. The zero-order chi connectivity index (χ0) is 16.3. The van der Waals surface area contributed by atoms with Crippen molar-refractivity contribution in [2.75, 3.05) is 32.8 Å². The van der Waals surface area contributed by atoms with Crippen LogP contribution in [-0.2, 0) is 17.7 Å². The molecule has 1 aliphatic heterocycles. The van der Waals surface area contributed by atoms with Gasteiger partial charge in [0.25, 0.3) is 0 Å². The Hall–Kier alpha value is -1.16. The highest BCUT2D eigenvalue weighted by atomic mass is 127. The molecule has 8 heteroatoms. The van der Waals surface area contributed by atoms with Crippen molar-refractivity contribution in [2.45, 2.75) is 39.7 Å². The maximum atomic E-state index is 5.32. The fourth-order valence-corrected chi connectivity index (χ4v) is 2.48. The molecule has 2 rings (SSSR count). The third kappa shape index (κ3) is 7.16. The fourth-order valence-electron chi connectivity index (χ4n) is 2.48. The molecule has 24 heavy (non-hydrogen) atoms. The van der Waals surface area contributed by atoms with Crippen molar-refractivity contribution in [3.05, 3.63) is 23.8 Å². The lowest BCUT2D eigenvalue weighted by molar-refractivity contribution is 0.153. The van der Waals surface area contributed by atoms with Gasteiger partial charge in [-0.2, -0.15) is 0 Å². The molecule has 2 N–H and O–H groups in total. The largest absolute Gasteiger partial charge is 0.377 e. The number of hydrogen-bond donors (Lipinski definition) is 2. The first-order chi connectivity index (χ1) is 11.3. The molecule has 0 amide bonds. The van der Waals surface area contributed by atoms with Crippen molar-refractivity contribution in [3.8, 4) is 0 Å². The van der Waals surface area contributed by atoms with E-state index < -0.39 is 0 Å². The van der Waals surface area contributed by atoms with Crippen LogP contribution in [0.5, 0.6) is 0 Å². The first-order valence-electron chi connectivity index (χ1n) is 8.48. The van der Waals surface area contributed by atoms with Crippen LogP contribution in [0.15, 0.2) is 23.0 Å². The molecule has 0 bridgehead atoms. The van der Waals surface area contributed by atoms with Gasteiger partial charge in [-0.3, -0.25) is 4.99 Å². The van der Waals surface area contributed by atoms with Gasteiger partial charge in [-0.25, -0.2) is 0 Å². The molecule has 0 aliphatic carbocycles. The number of aliphatic imine (C=N–C) groups is 1. The maximum Gasteiger partial charge on any atom is 0.191 e. The van der Waals surface area contributed by atoms with E-state index >= 15 is 0 Å². The molecule has 0 aromatic carbocycles. The predicted molar refractivity (Wildman–Crippen MR) is 107 cm³/mol. The van der Waals surface area contributed by atoms with E-state index in [2.05, 4.69) is 50.3 Å². The Morgan fingerprint density at radius 2 is 2.25 bits per heavy atom. The lowest BCUT2D eigenvalue weighted by Gasteiger charge is -2.14. The van der Waals surface area contributed by atoms with E-state index in [0.717, 1.165) is 70.4 Å². The van der Waals surface area contributed by atoms with Crippen molar-refractivity contribution < 1.29 is 4.74 Å². The number of nitrogens with zero attached hydrogens (tertiary/aromatic N) is 4. The number of ether oxygens (including phenoxy) is 1. The molecular formula is C16H29IN6O. The van der Waals surface area contributed by atoms with Crippen LogP contribution < -0.4 is 10.6 Å². The Bertz CT molecular complexity index is 528. The molecule has 0 radical (unpaired) electrons. The van der Waals surface area contributed by atoms with Gasteiger partial charge in [-0.1, -0.05) is 18.6 Å². The van der Waals surface area contributed by atoms with E-state index in [4.69, 9.17) is 4.74 Å². The van der Waals surface area contributed by atoms with E-state index in [1.165, 1.54) is 5.57 Å². The molecule has 0 unspecified atom stereocenters. The van der Waals surface area contributed by atoms with Gasteiger partial charge in [0.1, 0.15) is 12.2 Å². The van der Waals surface area contributed by atoms with Gasteiger partial charge in [-0.05, 0) is 19.8 Å². The molecule has 0 saturated carbocycles. The number of rotatable bonds is 8. The van der Waals surface area contributed by atoms with Gasteiger partial charge in [0.15, 0.2) is 5.96 Å². The van der Waals surface area contributed by atoms with Crippen LogP contribution in [0.4, 0.5) is 0 Å². The molecule has 7 nitrogen and oxygen atoms in total. The zero-order valence-electron chi connectivity index (χ0n) is 14.6. The van der Waals surface area contributed by atoms with Crippen molar-refractivity contribution in [1.29, 1.82) is 0 Å². The molecule has 0 fully saturated rings. The summed E-state index contributed by atoms with van der Waals surface area (Å²) >= 11 is 0. The second-order valence-electron chi connectivity index (χ2n) is 5.42. The minimum absolute atomic E-state index is 0. The summed E-state index contributed by atoms with van der Waals surface area (Å²) in [6.07, 6.45) is 6.89. The molecule has 2 heterocycles. The highest BCUT2D eigenvalue weighted by Gasteiger charge is 2.04. The molecule has 1 aliphatic rings. The third-order valence-corrected chi connectivity index (χ3v) is 3.76. The van der Waals surface area contributed by atoms with E-state index in [9.17, 15) is 0 Å². The van der Waals surface area contributed by atoms with E-state index in [0.29, 0.717) is 0 Å². The first-order valence-corrected chi connectivity index (χ1v) is 8.48. The average Bonchev–Trinajstić information content (AvgIpc) is 3.03. The lowest BCUT2D eigenvalue weighted by atomic mass is 10.1. The first kappa shape index (κ1) is 20.9. The SMILES string of the molecule is CCNC(=NCCC1=CCOCC1)NCCn1cnnc1CC.I. The molecule has 1 aromatic rings. The molecule has 0 spiro atoms. The Balaban J connectivity index is 0.00000288. The van der Waals surface area contributed by atoms with Crippen LogP contribution in [0, 0.1) is 0 Å². The van der Waals surface area contributed by atoms with Gasteiger partial charge in [-0.15, -0.1) is 34.2 Å². The van der Waals surface area contributed by atoms with Gasteiger partial charge in [0.2, 0.25) is 0 Å². The molecule has 136 valence electrons. The van der Waals surface area contributed by atoms with Gasteiger partial charge < -0.3 is 19.9 Å². The van der Waals surface area contributed by atoms with Crippen molar-refractivity contribution >= 4 is 29.9 Å². The maximum absolute atomic E-state index is 5.32. The summed E-state index contributed by atoms with van der Waals surface area (Å²) in [5.74, 6) is 1.88. The Kier molecular flexibility index (Phi) is 10.6. The van der Waals surface area contributed by atoms with Crippen LogP contribution in [0.3, 0.4) is 0 Å². The van der Waals surface area contributed by atoms with Gasteiger partial charge >= 0.3 is 0 Å². The number of aryl methyl sites for hydroxylation is 1. The number of aromatic nitrogens is 3. The highest BCUT2D eigenvalue weighted by Crippen LogP contribution is 2.11. The Morgan fingerprint density at radius 3 is 2.96 bits per heavy atom. The standard InChI is InChI=1S/C16H28N6O.HI/c1-3-15-21-20-13-22(15)10-9-19-16(17-4-2)18-8-5-14-6-11-23-12-7-14;/h6,13H,3-5,7-12H2,1-2H3,(H2,17,18,19);1H. The highest BCUT2D eigenvalue weighted by molar-refractivity contribution is 14.0. The smallest absolute Gasteiger partial charge is 0.191 e. The van der Waals surface area contributed by atoms with Gasteiger partial charge in [0.05, 0.1) is 13.2 Å². The van der Waals surface area contributed by atoms with E-state index in [1.54, 1.807) is 6.33 Å². The number of guanidine groups is 1. The number of halogens is 1. The summed E-state index contributed by atoms with van der Waals surface area (Å²) in [4.78, 5) is 4.64. The summed E-state index contributed by atoms with van der Waals surface area (Å²) < 4.78 is 7.40. The summed E-state index contributed by atoms with van der Waals surface area (Å²) in [6, 6.07) is 0. The normalized spacial score (nSPS) is 14.8. The molecular weight excluding hydrogens is 419 g/mol.